The minimum Gasteiger partial charge on any atom is -0.0622 e. The van der Waals surface area contributed by atoms with E-state index in [1.54, 1.807) is 0 Å². The van der Waals surface area contributed by atoms with Gasteiger partial charge in [-0.3, -0.25) is 0 Å². The molecule has 0 atom stereocenters. The molecule has 0 fully saturated rings. The lowest BCUT2D eigenvalue weighted by molar-refractivity contribution is 1.47. The van der Waals surface area contributed by atoms with Gasteiger partial charge in [0.25, 0.3) is 0 Å². The molecule has 0 aliphatic rings. The van der Waals surface area contributed by atoms with Crippen molar-refractivity contribution in [3.63, 3.8) is 0 Å². The van der Waals surface area contributed by atoms with E-state index in [0.717, 1.165) is 4.47 Å². The third-order valence-electron chi connectivity index (χ3n) is 4.66. The van der Waals surface area contributed by atoms with E-state index in [0.29, 0.717) is 0 Å². The van der Waals surface area contributed by atoms with Crippen molar-refractivity contribution in [2.75, 3.05) is 0 Å². The Hall–Kier alpha value is -2.21. The summed E-state index contributed by atoms with van der Waals surface area (Å²) in [4.78, 5) is 0. The fourth-order valence-electron chi connectivity index (χ4n) is 3.43. The van der Waals surface area contributed by atoms with Gasteiger partial charge < -0.3 is 0 Å². The zero-order chi connectivity index (χ0) is 18.6. The van der Waals surface area contributed by atoms with Gasteiger partial charge in [-0.05, 0) is 53.5 Å². The largest absolute Gasteiger partial charge is 0.0622 e. The van der Waals surface area contributed by atoms with Gasteiger partial charge in [0.2, 0.25) is 0 Å². The van der Waals surface area contributed by atoms with Crippen LogP contribution in [0.2, 0.25) is 0 Å². The Balaban J connectivity index is 2.00. The second-order valence-corrected chi connectivity index (χ2v) is 9.50. The maximum absolute atomic E-state index is 3.77. The molecule has 0 nitrogen and oxygen atoms in total. The van der Waals surface area contributed by atoms with Crippen molar-refractivity contribution in [3.8, 4) is 11.1 Å². The summed E-state index contributed by atoms with van der Waals surface area (Å²) in [6, 6.07) is 37.0. The lowest BCUT2D eigenvalue weighted by atomic mass is 10.0. The molecule has 0 amide bonds. The van der Waals surface area contributed by atoms with E-state index in [9.17, 15) is 0 Å². The minimum atomic E-state index is -0.640. The zero-order valence-electron chi connectivity index (χ0n) is 15.1. The molecular formula is C25H20BrP. The first-order valence-electron chi connectivity index (χ1n) is 9.00. The predicted octanol–water partition coefficient (Wildman–Crippen LogP) is 6.18. The second-order valence-electron chi connectivity index (χ2n) is 6.46. The maximum Gasteiger partial charge on any atom is 0.0254 e. The molecule has 0 aliphatic carbocycles. The van der Waals surface area contributed by atoms with Crippen LogP contribution in [0.1, 0.15) is 5.56 Å². The average Bonchev–Trinajstić information content (AvgIpc) is 2.71. The van der Waals surface area contributed by atoms with Crippen LogP contribution in [0.5, 0.6) is 0 Å². The first-order chi connectivity index (χ1) is 13.3. The van der Waals surface area contributed by atoms with E-state index >= 15 is 0 Å². The quantitative estimate of drug-likeness (QED) is 0.339. The molecule has 4 rings (SSSR count). The third kappa shape index (κ3) is 3.76. The fraction of sp³-hybridized carbons (Fsp3) is 0.0400. The van der Waals surface area contributed by atoms with Crippen LogP contribution in [0.15, 0.2) is 108 Å². The number of rotatable bonds is 4. The van der Waals surface area contributed by atoms with Crippen molar-refractivity contribution in [1.82, 2.24) is 0 Å². The van der Waals surface area contributed by atoms with Crippen molar-refractivity contribution in [2.45, 2.75) is 6.92 Å². The summed E-state index contributed by atoms with van der Waals surface area (Å²) in [6.07, 6.45) is 0. The van der Waals surface area contributed by atoms with Crippen LogP contribution in [-0.4, -0.2) is 0 Å². The molecule has 0 aromatic heterocycles. The van der Waals surface area contributed by atoms with E-state index in [-0.39, 0.29) is 0 Å². The van der Waals surface area contributed by atoms with Crippen molar-refractivity contribution in [1.29, 1.82) is 0 Å². The van der Waals surface area contributed by atoms with Gasteiger partial charge in [0.05, 0.1) is 0 Å². The van der Waals surface area contributed by atoms with Gasteiger partial charge in [-0.15, -0.1) is 0 Å². The predicted molar refractivity (Wildman–Crippen MR) is 123 cm³/mol. The van der Waals surface area contributed by atoms with Gasteiger partial charge in [0.1, 0.15) is 0 Å². The van der Waals surface area contributed by atoms with Crippen molar-refractivity contribution in [3.05, 3.63) is 113 Å². The van der Waals surface area contributed by atoms with Crippen molar-refractivity contribution in [2.24, 2.45) is 0 Å². The first-order valence-corrected chi connectivity index (χ1v) is 11.1. The first kappa shape index (κ1) is 18.2. The summed E-state index contributed by atoms with van der Waals surface area (Å²) < 4.78 is 1.14. The summed E-state index contributed by atoms with van der Waals surface area (Å²) in [5.74, 6) is 0. The summed E-state index contributed by atoms with van der Waals surface area (Å²) in [7, 11) is -0.640. The Kier molecular flexibility index (Phi) is 5.53. The zero-order valence-corrected chi connectivity index (χ0v) is 17.6. The van der Waals surface area contributed by atoms with Crippen LogP contribution >= 0.6 is 23.9 Å². The molecule has 132 valence electrons. The molecule has 27 heavy (non-hydrogen) atoms. The molecular weight excluding hydrogens is 411 g/mol. The number of aryl methyl sites for hydroxylation is 1. The maximum atomic E-state index is 3.77. The monoisotopic (exact) mass is 430 g/mol. The highest BCUT2D eigenvalue weighted by Crippen LogP contribution is 2.40. The molecule has 0 unspecified atom stereocenters. The molecule has 0 N–H and O–H groups in total. The Morgan fingerprint density at radius 1 is 0.593 bits per heavy atom. The number of halogens is 1. The normalized spacial score (nSPS) is 10.9. The smallest absolute Gasteiger partial charge is 0.0254 e. The van der Waals surface area contributed by atoms with Crippen LogP contribution in [0.4, 0.5) is 0 Å². The second kappa shape index (κ2) is 8.21. The highest BCUT2D eigenvalue weighted by molar-refractivity contribution is 9.10. The molecule has 4 aromatic carbocycles. The van der Waals surface area contributed by atoms with E-state index in [2.05, 4.69) is 126 Å². The Morgan fingerprint density at radius 3 is 1.74 bits per heavy atom. The van der Waals surface area contributed by atoms with Crippen LogP contribution in [0.3, 0.4) is 0 Å². The van der Waals surface area contributed by atoms with Crippen LogP contribution in [0.25, 0.3) is 11.1 Å². The summed E-state index contributed by atoms with van der Waals surface area (Å²) in [6.45, 7) is 2.21. The fourth-order valence-corrected chi connectivity index (χ4v) is 6.47. The molecule has 0 aliphatic heterocycles. The van der Waals surface area contributed by atoms with Gasteiger partial charge in [0, 0.05) is 4.47 Å². The van der Waals surface area contributed by atoms with Gasteiger partial charge in [-0.25, -0.2) is 0 Å². The van der Waals surface area contributed by atoms with E-state index in [1.807, 2.05) is 0 Å². The van der Waals surface area contributed by atoms with E-state index in [4.69, 9.17) is 0 Å². The van der Waals surface area contributed by atoms with Gasteiger partial charge in [-0.2, -0.15) is 0 Å². The lowest BCUT2D eigenvalue weighted by Gasteiger charge is -2.24. The van der Waals surface area contributed by atoms with E-state index < -0.39 is 7.92 Å². The van der Waals surface area contributed by atoms with Crippen molar-refractivity contribution >= 4 is 39.8 Å². The molecule has 0 heterocycles. The molecule has 4 aromatic rings. The van der Waals surface area contributed by atoms with Crippen LogP contribution < -0.4 is 15.9 Å². The molecule has 0 saturated heterocycles. The number of benzene rings is 4. The molecule has 0 saturated carbocycles. The highest BCUT2D eigenvalue weighted by Gasteiger charge is 2.21. The molecule has 0 bridgehead atoms. The Morgan fingerprint density at radius 2 is 1.15 bits per heavy atom. The molecule has 0 radical (unpaired) electrons. The van der Waals surface area contributed by atoms with Gasteiger partial charge in [-0.1, -0.05) is 113 Å². The average molecular weight is 431 g/mol. The minimum absolute atomic E-state index is 0.640. The standard InChI is InChI=1S/C25H20BrP/c1-19-11-10-18-24(25(19)22-16-8-9-17-23(22)26)27(20-12-4-2-5-13-20)21-14-6-3-7-15-21/h2-18H,1H3. The van der Waals surface area contributed by atoms with Crippen LogP contribution in [-0.2, 0) is 0 Å². The Labute approximate surface area is 170 Å². The topological polar surface area (TPSA) is 0 Å². The van der Waals surface area contributed by atoms with Crippen molar-refractivity contribution < 1.29 is 0 Å². The number of hydrogen-bond donors (Lipinski definition) is 0. The lowest BCUT2D eigenvalue weighted by Crippen LogP contribution is -2.22. The van der Waals surface area contributed by atoms with Crippen LogP contribution in [0, 0.1) is 6.92 Å². The van der Waals surface area contributed by atoms with E-state index in [1.165, 1.54) is 32.6 Å². The Bertz CT molecular complexity index is 1000. The SMILES string of the molecule is Cc1cccc(P(c2ccccc2)c2ccccc2)c1-c1ccccc1Br. The summed E-state index contributed by atoms with van der Waals surface area (Å²) >= 11 is 3.77. The summed E-state index contributed by atoms with van der Waals surface area (Å²) in [5.41, 5.74) is 3.90. The van der Waals surface area contributed by atoms with Gasteiger partial charge in [0.15, 0.2) is 0 Å². The number of hydrogen-bond acceptors (Lipinski definition) is 0. The third-order valence-corrected chi connectivity index (χ3v) is 7.84. The summed E-state index contributed by atoms with van der Waals surface area (Å²) in [5, 5.41) is 4.14. The van der Waals surface area contributed by atoms with Gasteiger partial charge >= 0.3 is 0 Å². The molecule has 0 spiro atoms. The highest BCUT2D eigenvalue weighted by atomic mass is 79.9. The molecule has 2 heteroatoms.